The van der Waals surface area contributed by atoms with Gasteiger partial charge in [-0.1, -0.05) is 46.3 Å². The van der Waals surface area contributed by atoms with Crippen LogP contribution in [0.4, 0.5) is 5.69 Å². The summed E-state index contributed by atoms with van der Waals surface area (Å²) >= 11 is 3.45. The van der Waals surface area contributed by atoms with Gasteiger partial charge in [0.05, 0.1) is 7.11 Å². The number of methoxy groups -OCH3 is 1. The first-order valence-electron chi connectivity index (χ1n) is 6.65. The number of benzene rings is 2. The number of ether oxygens (including phenoxy) is 1. The second kappa shape index (κ2) is 6.31. The highest BCUT2D eigenvalue weighted by Crippen LogP contribution is 2.30. The molecule has 0 aliphatic heterocycles. The third kappa shape index (κ3) is 3.27. The molecule has 1 atom stereocenters. The van der Waals surface area contributed by atoms with Crippen molar-refractivity contribution in [2.75, 3.05) is 12.4 Å². The zero-order valence-electron chi connectivity index (χ0n) is 12.3. The molecule has 0 amide bonds. The van der Waals surface area contributed by atoms with E-state index in [1.807, 2.05) is 62.4 Å². The Bertz CT molecular complexity index is 657. The number of hydrogen-bond acceptors (Lipinski definition) is 3. The highest BCUT2D eigenvalue weighted by atomic mass is 79.9. The van der Waals surface area contributed by atoms with Crippen molar-refractivity contribution in [2.45, 2.75) is 19.4 Å². The summed E-state index contributed by atoms with van der Waals surface area (Å²) in [5.41, 5.74) is 1.87. The van der Waals surface area contributed by atoms with E-state index in [-0.39, 0.29) is 5.97 Å². The standard InChI is InChI=1S/C17H18BrNO2/c1-12-7-4-5-10-15(12)19-17(2,16(20)21-3)13-8-6-9-14(18)11-13/h4-11,19H,1-3H3. The summed E-state index contributed by atoms with van der Waals surface area (Å²) < 4.78 is 5.92. The SMILES string of the molecule is COC(=O)C(C)(Nc1ccccc1C)c1cccc(Br)c1. The third-order valence-electron chi connectivity index (χ3n) is 3.53. The second-order valence-corrected chi connectivity index (χ2v) is 5.98. The number of carbonyl (C=O) groups excluding carboxylic acids is 1. The molecule has 2 aromatic rings. The van der Waals surface area contributed by atoms with Gasteiger partial charge in [-0.05, 0) is 43.2 Å². The normalized spacial score (nSPS) is 13.3. The summed E-state index contributed by atoms with van der Waals surface area (Å²) in [6.45, 7) is 3.83. The van der Waals surface area contributed by atoms with Crippen molar-refractivity contribution in [1.29, 1.82) is 0 Å². The van der Waals surface area contributed by atoms with E-state index < -0.39 is 5.54 Å². The summed E-state index contributed by atoms with van der Waals surface area (Å²) in [5, 5.41) is 3.32. The van der Waals surface area contributed by atoms with Gasteiger partial charge in [-0.3, -0.25) is 0 Å². The summed E-state index contributed by atoms with van der Waals surface area (Å²) in [5.74, 6) is -0.330. The van der Waals surface area contributed by atoms with Gasteiger partial charge in [0.15, 0.2) is 5.54 Å². The number of carbonyl (C=O) groups is 1. The minimum Gasteiger partial charge on any atom is -0.467 e. The van der Waals surface area contributed by atoms with Crippen LogP contribution in [0.3, 0.4) is 0 Å². The van der Waals surface area contributed by atoms with Crippen molar-refractivity contribution >= 4 is 27.6 Å². The first-order valence-corrected chi connectivity index (χ1v) is 7.45. The van der Waals surface area contributed by atoms with Crippen LogP contribution in [0, 0.1) is 6.92 Å². The van der Waals surface area contributed by atoms with Gasteiger partial charge in [-0.15, -0.1) is 0 Å². The summed E-state index contributed by atoms with van der Waals surface area (Å²) in [6, 6.07) is 15.5. The number of para-hydroxylation sites is 1. The van der Waals surface area contributed by atoms with Gasteiger partial charge in [0.2, 0.25) is 0 Å². The summed E-state index contributed by atoms with van der Waals surface area (Å²) in [7, 11) is 1.40. The molecule has 0 aliphatic rings. The zero-order valence-corrected chi connectivity index (χ0v) is 13.9. The lowest BCUT2D eigenvalue weighted by molar-refractivity contribution is -0.145. The molecule has 0 saturated carbocycles. The third-order valence-corrected chi connectivity index (χ3v) is 4.02. The monoisotopic (exact) mass is 347 g/mol. The molecule has 1 N–H and O–H groups in total. The van der Waals surface area contributed by atoms with E-state index in [0.717, 1.165) is 21.3 Å². The zero-order chi connectivity index (χ0) is 15.5. The van der Waals surface area contributed by atoms with E-state index in [2.05, 4.69) is 21.2 Å². The van der Waals surface area contributed by atoms with E-state index in [1.54, 1.807) is 0 Å². The maximum Gasteiger partial charge on any atom is 0.335 e. The number of esters is 1. The molecule has 0 bridgehead atoms. The maximum atomic E-state index is 12.4. The van der Waals surface area contributed by atoms with Crippen LogP contribution in [0.25, 0.3) is 0 Å². The number of aryl methyl sites for hydroxylation is 1. The molecule has 1 unspecified atom stereocenters. The van der Waals surface area contributed by atoms with Crippen LogP contribution >= 0.6 is 15.9 Å². The van der Waals surface area contributed by atoms with E-state index >= 15 is 0 Å². The van der Waals surface area contributed by atoms with Crippen LogP contribution in [-0.2, 0) is 15.1 Å². The number of rotatable bonds is 4. The Hall–Kier alpha value is -1.81. The Kier molecular flexibility index (Phi) is 4.68. The number of halogens is 1. The van der Waals surface area contributed by atoms with Crippen LogP contribution in [0.2, 0.25) is 0 Å². The first-order chi connectivity index (χ1) is 9.97. The minimum atomic E-state index is -0.954. The number of nitrogens with one attached hydrogen (secondary N) is 1. The van der Waals surface area contributed by atoms with Gasteiger partial charge in [-0.2, -0.15) is 0 Å². The molecule has 0 radical (unpaired) electrons. The molecule has 0 spiro atoms. The average molecular weight is 348 g/mol. The van der Waals surface area contributed by atoms with Crippen molar-refractivity contribution in [3.63, 3.8) is 0 Å². The molecule has 3 nitrogen and oxygen atoms in total. The fourth-order valence-corrected chi connectivity index (χ4v) is 2.63. The Morgan fingerprint density at radius 1 is 1.19 bits per heavy atom. The fraction of sp³-hybridized carbons (Fsp3) is 0.235. The van der Waals surface area contributed by atoms with Crippen LogP contribution in [0.15, 0.2) is 53.0 Å². The smallest absolute Gasteiger partial charge is 0.335 e. The molecular weight excluding hydrogens is 330 g/mol. The van der Waals surface area contributed by atoms with E-state index in [9.17, 15) is 4.79 Å². The van der Waals surface area contributed by atoms with E-state index in [1.165, 1.54) is 7.11 Å². The molecule has 0 heterocycles. The summed E-state index contributed by atoms with van der Waals surface area (Å²) in [6.07, 6.45) is 0. The summed E-state index contributed by atoms with van der Waals surface area (Å²) in [4.78, 5) is 12.4. The quantitative estimate of drug-likeness (QED) is 0.839. The van der Waals surface area contributed by atoms with Crippen molar-refractivity contribution in [3.8, 4) is 0 Å². The van der Waals surface area contributed by atoms with Crippen molar-refractivity contribution in [1.82, 2.24) is 0 Å². The van der Waals surface area contributed by atoms with Gasteiger partial charge in [0.1, 0.15) is 0 Å². The molecule has 0 aromatic heterocycles. The Morgan fingerprint density at radius 2 is 1.90 bits per heavy atom. The van der Waals surface area contributed by atoms with E-state index in [0.29, 0.717) is 0 Å². The number of hydrogen-bond donors (Lipinski definition) is 1. The average Bonchev–Trinajstić information content (AvgIpc) is 2.48. The molecule has 0 aliphatic carbocycles. The molecular formula is C17H18BrNO2. The predicted molar refractivity (Wildman–Crippen MR) is 88.3 cm³/mol. The van der Waals surface area contributed by atoms with Gasteiger partial charge in [0.25, 0.3) is 0 Å². The van der Waals surface area contributed by atoms with Crippen molar-refractivity contribution < 1.29 is 9.53 Å². The number of anilines is 1. The molecule has 110 valence electrons. The van der Waals surface area contributed by atoms with Crippen LogP contribution in [-0.4, -0.2) is 13.1 Å². The highest BCUT2D eigenvalue weighted by Gasteiger charge is 2.36. The molecule has 2 rings (SSSR count). The lowest BCUT2D eigenvalue weighted by atomic mass is 9.91. The minimum absolute atomic E-state index is 0.330. The van der Waals surface area contributed by atoms with Crippen LogP contribution in [0.5, 0.6) is 0 Å². The predicted octanol–water partition coefficient (Wildman–Crippen LogP) is 4.26. The van der Waals surface area contributed by atoms with E-state index in [4.69, 9.17) is 4.74 Å². The maximum absolute atomic E-state index is 12.4. The molecule has 0 fully saturated rings. The highest BCUT2D eigenvalue weighted by molar-refractivity contribution is 9.10. The molecule has 4 heteroatoms. The Labute approximate surface area is 133 Å². The molecule has 2 aromatic carbocycles. The van der Waals surface area contributed by atoms with Crippen LogP contribution in [0.1, 0.15) is 18.1 Å². The second-order valence-electron chi connectivity index (χ2n) is 5.07. The van der Waals surface area contributed by atoms with Gasteiger partial charge in [0, 0.05) is 10.2 Å². The fourth-order valence-electron chi connectivity index (χ4n) is 2.23. The van der Waals surface area contributed by atoms with Gasteiger partial charge in [-0.25, -0.2) is 4.79 Å². The topological polar surface area (TPSA) is 38.3 Å². The molecule has 21 heavy (non-hydrogen) atoms. The Morgan fingerprint density at radius 3 is 2.52 bits per heavy atom. The van der Waals surface area contributed by atoms with Crippen LogP contribution < -0.4 is 5.32 Å². The van der Waals surface area contributed by atoms with Gasteiger partial charge >= 0.3 is 5.97 Å². The first kappa shape index (κ1) is 15.6. The van der Waals surface area contributed by atoms with Crippen molar-refractivity contribution in [3.05, 3.63) is 64.1 Å². The van der Waals surface area contributed by atoms with Gasteiger partial charge < -0.3 is 10.1 Å². The lowest BCUT2D eigenvalue weighted by Crippen LogP contribution is -2.41. The Balaban J connectivity index is 2.48. The largest absolute Gasteiger partial charge is 0.467 e. The lowest BCUT2D eigenvalue weighted by Gasteiger charge is -2.30. The molecule has 0 saturated heterocycles. The van der Waals surface area contributed by atoms with Crippen molar-refractivity contribution in [2.24, 2.45) is 0 Å².